The van der Waals surface area contributed by atoms with Crippen LogP contribution in [0.1, 0.15) is 75.1 Å². The van der Waals surface area contributed by atoms with Crippen molar-refractivity contribution in [1.29, 1.82) is 0 Å². The predicted molar refractivity (Wildman–Crippen MR) is 79.3 cm³/mol. The first-order valence-corrected chi connectivity index (χ1v) is 7.57. The van der Waals surface area contributed by atoms with Crippen LogP contribution in [0, 0.1) is 0 Å². The van der Waals surface area contributed by atoms with Gasteiger partial charge in [-0.25, -0.2) is 0 Å². The maximum absolute atomic E-state index is 11.8. The fourth-order valence-electron chi connectivity index (χ4n) is 2.60. The summed E-state index contributed by atoms with van der Waals surface area (Å²) in [5.74, 6) is 0.800. The lowest BCUT2D eigenvalue weighted by Gasteiger charge is -2.32. The Morgan fingerprint density at radius 3 is 2.89 bits per heavy atom. The van der Waals surface area contributed by atoms with Gasteiger partial charge in [0.25, 0.3) is 0 Å². The van der Waals surface area contributed by atoms with E-state index in [-0.39, 0.29) is 11.9 Å². The van der Waals surface area contributed by atoms with Crippen LogP contribution < -0.4 is 5.32 Å². The van der Waals surface area contributed by atoms with Gasteiger partial charge < -0.3 is 5.32 Å². The summed E-state index contributed by atoms with van der Waals surface area (Å²) in [6, 6.07) is 7.01. The van der Waals surface area contributed by atoms with Crippen molar-refractivity contribution in [1.82, 2.24) is 5.32 Å². The molecule has 0 saturated carbocycles. The minimum atomic E-state index is 0.200. The van der Waals surface area contributed by atoms with Gasteiger partial charge in [-0.3, -0.25) is 4.79 Å². The average molecular weight is 259 g/mol. The average Bonchev–Trinajstić information content (AvgIpc) is 2.41. The lowest BCUT2D eigenvalue weighted by molar-refractivity contribution is -0.122. The summed E-state index contributed by atoms with van der Waals surface area (Å²) in [7, 11) is 0. The van der Waals surface area contributed by atoms with Crippen LogP contribution in [0.15, 0.2) is 18.2 Å². The molecule has 0 aliphatic heterocycles. The summed E-state index contributed by atoms with van der Waals surface area (Å²) < 4.78 is 0. The van der Waals surface area contributed by atoms with E-state index in [2.05, 4.69) is 44.3 Å². The van der Waals surface area contributed by atoms with Gasteiger partial charge in [0, 0.05) is 6.42 Å². The zero-order chi connectivity index (χ0) is 13.8. The van der Waals surface area contributed by atoms with Crippen LogP contribution in [0.4, 0.5) is 0 Å². The molecule has 0 heterocycles. The Bertz CT molecular complexity index is 453. The molecule has 0 radical (unpaired) electrons. The molecule has 0 fully saturated rings. The molecule has 1 N–H and O–H groups in total. The zero-order valence-electron chi connectivity index (χ0n) is 12.3. The second-order valence-electron chi connectivity index (χ2n) is 5.70. The van der Waals surface area contributed by atoms with Gasteiger partial charge >= 0.3 is 0 Å². The third-order valence-corrected chi connectivity index (χ3v) is 4.24. The van der Waals surface area contributed by atoms with Crippen molar-refractivity contribution in [3.63, 3.8) is 0 Å². The molecule has 2 unspecified atom stereocenters. The first kappa shape index (κ1) is 14.1. The molecule has 19 heavy (non-hydrogen) atoms. The lowest BCUT2D eigenvalue weighted by atomic mass is 9.80. The van der Waals surface area contributed by atoms with E-state index in [1.165, 1.54) is 16.7 Å². The van der Waals surface area contributed by atoms with E-state index in [0.29, 0.717) is 12.3 Å². The Balaban J connectivity index is 1.99. The third kappa shape index (κ3) is 3.17. The van der Waals surface area contributed by atoms with E-state index < -0.39 is 0 Å². The minimum Gasteiger partial charge on any atom is -0.349 e. The van der Waals surface area contributed by atoms with Gasteiger partial charge in [-0.05, 0) is 41.9 Å². The van der Waals surface area contributed by atoms with Crippen molar-refractivity contribution < 1.29 is 4.79 Å². The molecule has 0 saturated heterocycles. The number of carbonyl (C=O) groups excluding carboxylic acids is 1. The van der Waals surface area contributed by atoms with Crippen molar-refractivity contribution in [2.45, 2.75) is 64.8 Å². The van der Waals surface area contributed by atoms with Crippen molar-refractivity contribution in [2.75, 3.05) is 0 Å². The summed E-state index contributed by atoms with van der Waals surface area (Å²) in [6.45, 7) is 6.59. The molecule has 1 amide bonds. The van der Waals surface area contributed by atoms with Gasteiger partial charge in [0.2, 0.25) is 5.91 Å². The summed E-state index contributed by atoms with van der Waals surface area (Å²) in [4.78, 5) is 11.8. The van der Waals surface area contributed by atoms with Gasteiger partial charge in [0.1, 0.15) is 0 Å². The summed E-state index contributed by atoms with van der Waals surface area (Å²) in [6.07, 6.45) is 4.87. The Labute approximate surface area is 116 Å². The fourth-order valence-corrected chi connectivity index (χ4v) is 2.60. The van der Waals surface area contributed by atoms with Crippen molar-refractivity contribution in [2.24, 2.45) is 0 Å². The Morgan fingerprint density at radius 2 is 2.21 bits per heavy atom. The van der Waals surface area contributed by atoms with E-state index in [9.17, 15) is 4.79 Å². The maximum Gasteiger partial charge on any atom is 0.220 e. The summed E-state index contributed by atoms with van der Waals surface area (Å²) in [5, 5.41) is 3.15. The SMILES string of the molecule is CCCCC(=O)NC1Cc2ccc(C(C)CC)cc21. The summed E-state index contributed by atoms with van der Waals surface area (Å²) in [5.41, 5.74) is 4.13. The number of hydrogen-bond donors (Lipinski definition) is 1. The van der Waals surface area contributed by atoms with Crippen LogP contribution in [0.25, 0.3) is 0 Å². The van der Waals surface area contributed by atoms with E-state index >= 15 is 0 Å². The normalized spacial score (nSPS) is 18.4. The molecule has 2 atom stereocenters. The van der Waals surface area contributed by atoms with E-state index in [1.807, 2.05) is 0 Å². The Morgan fingerprint density at radius 1 is 1.42 bits per heavy atom. The van der Waals surface area contributed by atoms with Crippen LogP contribution >= 0.6 is 0 Å². The smallest absolute Gasteiger partial charge is 0.220 e. The lowest BCUT2D eigenvalue weighted by Crippen LogP contribution is -2.35. The Hall–Kier alpha value is -1.31. The zero-order valence-corrected chi connectivity index (χ0v) is 12.3. The molecule has 0 aromatic heterocycles. The second-order valence-corrected chi connectivity index (χ2v) is 5.70. The van der Waals surface area contributed by atoms with Crippen molar-refractivity contribution in [3.05, 3.63) is 34.9 Å². The highest BCUT2D eigenvalue weighted by atomic mass is 16.1. The Kier molecular flexibility index (Phi) is 4.62. The third-order valence-electron chi connectivity index (χ3n) is 4.24. The van der Waals surface area contributed by atoms with Crippen molar-refractivity contribution >= 4 is 5.91 Å². The number of unbranched alkanes of at least 4 members (excludes halogenated alkanes) is 1. The molecule has 2 heteroatoms. The second kappa shape index (κ2) is 6.23. The number of fused-ring (bicyclic) bond motifs is 1. The molecule has 104 valence electrons. The topological polar surface area (TPSA) is 29.1 Å². The number of rotatable bonds is 6. The molecular weight excluding hydrogens is 234 g/mol. The first-order valence-electron chi connectivity index (χ1n) is 7.57. The number of amides is 1. The minimum absolute atomic E-state index is 0.200. The van der Waals surface area contributed by atoms with Crippen LogP contribution in [-0.4, -0.2) is 5.91 Å². The van der Waals surface area contributed by atoms with Crippen LogP contribution in [0.3, 0.4) is 0 Å². The molecule has 1 aliphatic carbocycles. The first-order chi connectivity index (χ1) is 9.15. The highest BCUT2D eigenvalue weighted by molar-refractivity contribution is 5.77. The molecule has 0 bridgehead atoms. The molecule has 0 spiro atoms. The van der Waals surface area contributed by atoms with Gasteiger partial charge in [-0.15, -0.1) is 0 Å². The van der Waals surface area contributed by atoms with Crippen molar-refractivity contribution in [3.8, 4) is 0 Å². The molecule has 1 aromatic carbocycles. The fraction of sp³-hybridized carbons (Fsp3) is 0.588. The van der Waals surface area contributed by atoms with Gasteiger partial charge in [0.15, 0.2) is 0 Å². The van der Waals surface area contributed by atoms with E-state index in [4.69, 9.17) is 0 Å². The molecule has 2 nitrogen and oxygen atoms in total. The van der Waals surface area contributed by atoms with E-state index in [1.54, 1.807) is 0 Å². The highest BCUT2D eigenvalue weighted by Gasteiger charge is 2.27. The quantitative estimate of drug-likeness (QED) is 0.818. The number of nitrogens with one attached hydrogen (secondary N) is 1. The standard InChI is InChI=1S/C17H25NO/c1-4-6-7-17(19)18-16-11-14-9-8-13(10-15(14)16)12(3)5-2/h8-10,12,16H,4-7,11H2,1-3H3,(H,18,19). The molecule has 2 rings (SSSR count). The van der Waals surface area contributed by atoms with Gasteiger partial charge in [-0.2, -0.15) is 0 Å². The monoisotopic (exact) mass is 259 g/mol. The van der Waals surface area contributed by atoms with Crippen LogP contribution in [0.5, 0.6) is 0 Å². The summed E-state index contributed by atoms with van der Waals surface area (Å²) >= 11 is 0. The van der Waals surface area contributed by atoms with E-state index in [0.717, 1.165) is 25.7 Å². The van der Waals surface area contributed by atoms with Gasteiger partial charge in [0.05, 0.1) is 6.04 Å². The number of hydrogen-bond acceptors (Lipinski definition) is 1. The maximum atomic E-state index is 11.8. The number of benzene rings is 1. The van der Waals surface area contributed by atoms with Crippen LogP contribution in [-0.2, 0) is 11.2 Å². The van der Waals surface area contributed by atoms with Gasteiger partial charge in [-0.1, -0.05) is 45.4 Å². The number of carbonyl (C=O) groups is 1. The molecular formula is C17H25NO. The molecule has 1 aliphatic rings. The molecule has 1 aromatic rings. The largest absolute Gasteiger partial charge is 0.349 e. The highest BCUT2D eigenvalue weighted by Crippen LogP contribution is 2.35. The van der Waals surface area contributed by atoms with Crippen LogP contribution in [0.2, 0.25) is 0 Å². The predicted octanol–water partition coefficient (Wildman–Crippen LogP) is 4.10.